The number of ether oxygens (including phenoxy) is 1. The Hall–Kier alpha value is -4.39. The molecule has 0 aromatic heterocycles. The summed E-state index contributed by atoms with van der Waals surface area (Å²) in [5.74, 6) is -1.71. The van der Waals surface area contributed by atoms with Crippen molar-refractivity contribution in [1.82, 2.24) is 10.6 Å². The van der Waals surface area contributed by atoms with Crippen LogP contribution in [0.4, 0.5) is 0 Å². The van der Waals surface area contributed by atoms with Gasteiger partial charge in [0.2, 0.25) is 0 Å². The minimum Gasteiger partial charge on any atom is -0.494 e. The van der Waals surface area contributed by atoms with Gasteiger partial charge in [0.15, 0.2) is 0 Å². The van der Waals surface area contributed by atoms with Crippen molar-refractivity contribution in [2.45, 2.75) is 32.2 Å². The number of benzene rings is 3. The highest BCUT2D eigenvalue weighted by Crippen LogP contribution is 2.14. The van der Waals surface area contributed by atoms with Crippen molar-refractivity contribution in [3.8, 4) is 5.75 Å². The molecule has 1 atom stereocenters. The Balaban J connectivity index is 1.77. The van der Waals surface area contributed by atoms with Crippen LogP contribution in [0, 0.1) is 0 Å². The number of carboxylic acid groups (broad SMARTS) is 1. The summed E-state index contributed by atoms with van der Waals surface area (Å²) in [6.45, 7) is 2.67. The van der Waals surface area contributed by atoms with E-state index >= 15 is 0 Å². The van der Waals surface area contributed by atoms with Crippen LogP contribution in [-0.4, -0.2) is 35.5 Å². The molecule has 0 saturated carbocycles. The van der Waals surface area contributed by atoms with Crippen molar-refractivity contribution in [1.29, 1.82) is 0 Å². The summed E-state index contributed by atoms with van der Waals surface area (Å²) in [4.78, 5) is 37.9. The Bertz CT molecular complexity index is 1180. The highest BCUT2D eigenvalue weighted by Gasteiger charge is 2.23. The van der Waals surface area contributed by atoms with Crippen LogP contribution in [0.3, 0.4) is 0 Å². The van der Waals surface area contributed by atoms with Crippen LogP contribution < -0.4 is 15.4 Å². The molecule has 0 bridgehead atoms. The lowest BCUT2D eigenvalue weighted by Gasteiger charge is -2.17. The first-order valence-electron chi connectivity index (χ1n) is 11.8. The van der Waals surface area contributed by atoms with E-state index in [1.54, 1.807) is 72.8 Å². The molecule has 0 radical (unpaired) electrons. The second kappa shape index (κ2) is 13.5. The number of hydrogen-bond donors (Lipinski definition) is 3. The van der Waals surface area contributed by atoms with Crippen LogP contribution in [0.5, 0.6) is 5.75 Å². The lowest BCUT2D eigenvalue weighted by atomic mass is 10.1. The third-order valence-corrected chi connectivity index (χ3v) is 5.37. The summed E-state index contributed by atoms with van der Waals surface area (Å²) in [7, 11) is 0. The van der Waals surface area contributed by atoms with Crippen LogP contribution >= 0.6 is 0 Å². The molecule has 36 heavy (non-hydrogen) atoms. The van der Waals surface area contributed by atoms with E-state index in [0.29, 0.717) is 23.5 Å². The van der Waals surface area contributed by atoms with E-state index in [2.05, 4.69) is 17.6 Å². The number of rotatable bonds is 12. The van der Waals surface area contributed by atoms with Crippen molar-refractivity contribution < 1.29 is 24.2 Å². The smallest absolute Gasteiger partial charge is 0.326 e. The van der Waals surface area contributed by atoms with Crippen LogP contribution in [0.15, 0.2) is 90.6 Å². The fourth-order valence-electron chi connectivity index (χ4n) is 3.39. The van der Waals surface area contributed by atoms with E-state index in [1.165, 1.54) is 6.08 Å². The van der Waals surface area contributed by atoms with Gasteiger partial charge in [0, 0.05) is 12.0 Å². The normalized spacial score (nSPS) is 11.9. The molecule has 186 valence electrons. The second-order valence-corrected chi connectivity index (χ2v) is 8.20. The summed E-state index contributed by atoms with van der Waals surface area (Å²) >= 11 is 0. The van der Waals surface area contributed by atoms with Gasteiger partial charge in [-0.2, -0.15) is 0 Å². The predicted octanol–water partition coefficient (Wildman–Crippen LogP) is 4.45. The second-order valence-electron chi connectivity index (χ2n) is 8.20. The van der Waals surface area contributed by atoms with Crippen molar-refractivity contribution in [2.24, 2.45) is 0 Å². The summed E-state index contributed by atoms with van der Waals surface area (Å²) < 4.78 is 5.63. The predicted molar refractivity (Wildman–Crippen MR) is 138 cm³/mol. The Morgan fingerprint density at radius 1 is 0.917 bits per heavy atom. The third kappa shape index (κ3) is 8.13. The van der Waals surface area contributed by atoms with Gasteiger partial charge in [0.25, 0.3) is 11.8 Å². The van der Waals surface area contributed by atoms with Gasteiger partial charge in [-0.3, -0.25) is 9.59 Å². The van der Waals surface area contributed by atoms with E-state index in [4.69, 9.17) is 4.74 Å². The molecule has 3 aromatic rings. The van der Waals surface area contributed by atoms with Crippen LogP contribution in [-0.2, 0) is 16.0 Å². The molecule has 0 spiro atoms. The summed E-state index contributed by atoms with van der Waals surface area (Å²) in [5, 5.41) is 14.9. The van der Waals surface area contributed by atoms with Gasteiger partial charge in [0.1, 0.15) is 17.5 Å². The zero-order valence-corrected chi connectivity index (χ0v) is 20.1. The molecule has 0 saturated heterocycles. The highest BCUT2D eigenvalue weighted by molar-refractivity contribution is 6.06. The SMILES string of the molecule is CCCCOc1ccc(C(=O)N/C(=C/c2ccccc2)C(=O)N[C@H](Cc2ccccc2)C(=O)O)cc1. The summed E-state index contributed by atoms with van der Waals surface area (Å²) in [6.07, 6.45) is 3.57. The van der Waals surface area contributed by atoms with E-state index in [0.717, 1.165) is 18.4 Å². The molecule has 3 rings (SSSR count). The number of aliphatic carboxylic acids is 1. The Kier molecular flexibility index (Phi) is 9.82. The van der Waals surface area contributed by atoms with Gasteiger partial charge in [-0.15, -0.1) is 0 Å². The van der Waals surface area contributed by atoms with Gasteiger partial charge in [-0.05, 0) is 47.9 Å². The van der Waals surface area contributed by atoms with Crippen molar-refractivity contribution in [3.63, 3.8) is 0 Å². The number of carboxylic acids is 1. The molecule has 3 N–H and O–H groups in total. The first-order valence-corrected chi connectivity index (χ1v) is 11.8. The van der Waals surface area contributed by atoms with E-state index in [9.17, 15) is 19.5 Å². The molecule has 0 fully saturated rings. The Morgan fingerprint density at radius 3 is 2.17 bits per heavy atom. The van der Waals surface area contributed by atoms with Gasteiger partial charge >= 0.3 is 5.97 Å². The molecule has 0 heterocycles. The van der Waals surface area contributed by atoms with Crippen molar-refractivity contribution in [3.05, 3.63) is 107 Å². The van der Waals surface area contributed by atoms with E-state index in [-0.39, 0.29) is 12.1 Å². The maximum absolute atomic E-state index is 13.1. The monoisotopic (exact) mass is 486 g/mol. The zero-order chi connectivity index (χ0) is 25.8. The van der Waals surface area contributed by atoms with Gasteiger partial charge in [0.05, 0.1) is 6.61 Å². The topological polar surface area (TPSA) is 105 Å². The quantitative estimate of drug-likeness (QED) is 0.259. The standard InChI is InChI=1S/C29H30N2O5/c1-2-3-18-36-24-16-14-23(15-17-24)27(32)30-25(19-21-10-6-4-7-11-21)28(33)31-26(29(34)35)20-22-12-8-5-9-13-22/h4-17,19,26H,2-3,18,20H2,1H3,(H,30,32)(H,31,33)(H,34,35)/b25-19+/t26-/m1/s1. The van der Waals surface area contributed by atoms with Gasteiger partial charge < -0.3 is 20.5 Å². The third-order valence-electron chi connectivity index (χ3n) is 5.37. The molecular formula is C29H30N2O5. The van der Waals surface area contributed by atoms with E-state index in [1.807, 2.05) is 12.1 Å². The lowest BCUT2D eigenvalue weighted by Crippen LogP contribution is -2.45. The molecule has 0 aliphatic rings. The first kappa shape index (κ1) is 26.2. The molecule has 0 aliphatic heterocycles. The van der Waals surface area contributed by atoms with Crippen LogP contribution in [0.1, 0.15) is 41.3 Å². The average Bonchev–Trinajstić information content (AvgIpc) is 2.89. The largest absolute Gasteiger partial charge is 0.494 e. The molecule has 0 unspecified atom stereocenters. The maximum atomic E-state index is 13.1. The Labute approximate surface area is 210 Å². The molecule has 0 aliphatic carbocycles. The van der Waals surface area contributed by atoms with E-state index < -0.39 is 23.8 Å². The van der Waals surface area contributed by atoms with Crippen molar-refractivity contribution in [2.75, 3.05) is 6.61 Å². The summed E-state index contributed by atoms with van der Waals surface area (Å²) in [5.41, 5.74) is 1.72. The number of carbonyl (C=O) groups excluding carboxylic acids is 2. The maximum Gasteiger partial charge on any atom is 0.326 e. The number of unbranched alkanes of at least 4 members (excludes halogenated alkanes) is 1. The van der Waals surface area contributed by atoms with Crippen LogP contribution in [0.25, 0.3) is 6.08 Å². The fourth-order valence-corrected chi connectivity index (χ4v) is 3.39. The molecule has 7 heteroatoms. The number of amides is 2. The fraction of sp³-hybridized carbons (Fsp3) is 0.207. The van der Waals surface area contributed by atoms with Crippen LogP contribution in [0.2, 0.25) is 0 Å². The van der Waals surface area contributed by atoms with Gasteiger partial charge in [-0.1, -0.05) is 74.0 Å². The van der Waals surface area contributed by atoms with Gasteiger partial charge in [-0.25, -0.2) is 4.79 Å². The number of carbonyl (C=O) groups is 3. The van der Waals surface area contributed by atoms with Crippen molar-refractivity contribution >= 4 is 23.9 Å². The average molecular weight is 487 g/mol. The molecular weight excluding hydrogens is 456 g/mol. The highest BCUT2D eigenvalue weighted by atomic mass is 16.5. The summed E-state index contributed by atoms with van der Waals surface area (Å²) in [6, 6.07) is 23.5. The zero-order valence-electron chi connectivity index (χ0n) is 20.1. The Morgan fingerprint density at radius 2 is 1.56 bits per heavy atom. The minimum absolute atomic E-state index is 0.0613. The number of hydrogen-bond acceptors (Lipinski definition) is 4. The first-order chi connectivity index (χ1) is 17.5. The number of nitrogens with one attached hydrogen (secondary N) is 2. The molecule has 7 nitrogen and oxygen atoms in total. The molecule has 3 aromatic carbocycles. The molecule has 2 amide bonds. The minimum atomic E-state index is -1.17. The lowest BCUT2D eigenvalue weighted by molar-refractivity contribution is -0.141.